The molecule has 1 atom stereocenters. The van der Waals surface area contributed by atoms with Gasteiger partial charge >= 0.3 is 0 Å². The lowest BCUT2D eigenvalue weighted by atomic mass is 10.1. The number of ether oxygens (including phenoxy) is 1. The Morgan fingerprint density at radius 3 is 2.28 bits per heavy atom. The summed E-state index contributed by atoms with van der Waals surface area (Å²) in [5, 5.41) is 0. The van der Waals surface area contributed by atoms with Crippen LogP contribution in [0.5, 0.6) is 5.75 Å². The number of aryl methyl sites for hydroxylation is 1. The minimum absolute atomic E-state index is 0.000587. The van der Waals surface area contributed by atoms with Crippen molar-refractivity contribution in [1.29, 1.82) is 0 Å². The zero-order chi connectivity index (χ0) is 20.9. The van der Waals surface area contributed by atoms with E-state index >= 15 is 0 Å². The number of benzene rings is 2. The van der Waals surface area contributed by atoms with Crippen LogP contribution in [0.2, 0.25) is 0 Å². The van der Waals surface area contributed by atoms with Gasteiger partial charge in [-0.15, -0.1) is 0 Å². The van der Waals surface area contributed by atoms with Gasteiger partial charge in [-0.05, 0) is 31.0 Å². The summed E-state index contributed by atoms with van der Waals surface area (Å²) >= 11 is 0. The quantitative estimate of drug-likeness (QED) is 0.479. The maximum Gasteiger partial charge on any atom is 0.217 e. The lowest BCUT2D eigenvalue weighted by Gasteiger charge is -2.31. The molecule has 0 bridgehead atoms. The van der Waals surface area contributed by atoms with Crippen LogP contribution in [0.25, 0.3) is 0 Å². The average Bonchev–Trinajstić information content (AvgIpc) is 3.08. The van der Waals surface area contributed by atoms with E-state index in [9.17, 15) is 9.59 Å². The first-order valence-electron chi connectivity index (χ1n) is 10.1. The van der Waals surface area contributed by atoms with Crippen molar-refractivity contribution in [2.75, 3.05) is 33.4 Å². The van der Waals surface area contributed by atoms with E-state index in [0.29, 0.717) is 34.6 Å². The summed E-state index contributed by atoms with van der Waals surface area (Å²) in [6, 6.07) is 15.0. The predicted molar refractivity (Wildman–Crippen MR) is 114 cm³/mol. The molecule has 5 nitrogen and oxygen atoms in total. The molecule has 0 fully saturated rings. The van der Waals surface area contributed by atoms with E-state index in [4.69, 9.17) is 4.74 Å². The van der Waals surface area contributed by atoms with E-state index in [-0.39, 0.29) is 24.7 Å². The highest BCUT2D eigenvalue weighted by molar-refractivity contribution is 5.99. The summed E-state index contributed by atoms with van der Waals surface area (Å²) in [7, 11) is 1.96. The summed E-state index contributed by atoms with van der Waals surface area (Å²) in [6.45, 7) is 5.64. The second kappa shape index (κ2) is 9.05. The molecule has 1 aliphatic rings. The first-order chi connectivity index (χ1) is 13.9. The molecule has 0 radical (unpaired) electrons. The van der Waals surface area contributed by atoms with E-state index in [1.807, 2.05) is 67.7 Å². The van der Waals surface area contributed by atoms with Crippen molar-refractivity contribution in [3.05, 3.63) is 77.6 Å². The van der Waals surface area contributed by atoms with E-state index in [1.54, 1.807) is 12.1 Å². The zero-order valence-corrected chi connectivity index (χ0v) is 17.4. The third kappa shape index (κ3) is 5.12. The molecule has 0 saturated heterocycles. The number of carbonyl (C=O) groups is 2. The number of ketones is 2. The molecule has 152 valence electrons. The van der Waals surface area contributed by atoms with Crippen molar-refractivity contribution >= 4 is 11.6 Å². The monoisotopic (exact) mass is 393 g/mol. The van der Waals surface area contributed by atoms with Gasteiger partial charge in [0, 0.05) is 18.2 Å². The van der Waals surface area contributed by atoms with Crippen LogP contribution < -0.4 is 4.74 Å². The van der Waals surface area contributed by atoms with Crippen LogP contribution in [0.1, 0.15) is 40.1 Å². The molecule has 1 heterocycles. The summed E-state index contributed by atoms with van der Waals surface area (Å²) in [5.74, 6) is 0.732. The summed E-state index contributed by atoms with van der Waals surface area (Å²) in [4.78, 5) is 28.0. The Morgan fingerprint density at radius 2 is 1.69 bits per heavy atom. The summed E-state index contributed by atoms with van der Waals surface area (Å²) in [5.41, 5.74) is 2.50. The molecule has 0 aromatic heterocycles. The van der Waals surface area contributed by atoms with Crippen LogP contribution in [0.15, 0.2) is 60.9 Å². The van der Waals surface area contributed by atoms with Crippen LogP contribution in [0.3, 0.4) is 0 Å². The first kappa shape index (κ1) is 20.8. The molecule has 0 spiro atoms. The number of rotatable bonds is 9. The lowest BCUT2D eigenvalue weighted by Crippen LogP contribution is -2.50. The lowest BCUT2D eigenvalue weighted by molar-refractivity contribution is -0.864. The van der Waals surface area contributed by atoms with Crippen LogP contribution in [-0.2, 0) is 6.42 Å². The van der Waals surface area contributed by atoms with Gasteiger partial charge in [-0.2, -0.15) is 0 Å². The largest absolute Gasteiger partial charge is 0.494 e. The van der Waals surface area contributed by atoms with Gasteiger partial charge in [0.2, 0.25) is 11.6 Å². The minimum atomic E-state index is 0.000587. The molecule has 0 N–H and O–H groups in total. The zero-order valence-electron chi connectivity index (χ0n) is 17.4. The van der Waals surface area contributed by atoms with Crippen LogP contribution in [0, 0.1) is 0 Å². The van der Waals surface area contributed by atoms with Crippen molar-refractivity contribution in [3.8, 4) is 5.75 Å². The van der Waals surface area contributed by atoms with Gasteiger partial charge in [-0.25, -0.2) is 0 Å². The van der Waals surface area contributed by atoms with Gasteiger partial charge in [0.15, 0.2) is 6.67 Å². The Hall–Kier alpha value is -2.92. The van der Waals surface area contributed by atoms with Crippen molar-refractivity contribution in [1.82, 2.24) is 4.90 Å². The van der Waals surface area contributed by atoms with Gasteiger partial charge < -0.3 is 9.64 Å². The molecule has 5 heteroatoms. The first-order valence-corrected chi connectivity index (χ1v) is 10.1. The molecule has 0 saturated carbocycles. The molecule has 0 aliphatic carbocycles. The normalized spacial score (nSPS) is 18.1. The molecule has 1 aliphatic heterocycles. The summed E-state index contributed by atoms with van der Waals surface area (Å²) in [6.07, 6.45) is 4.84. The molecule has 0 amide bonds. The average molecular weight is 394 g/mol. The molecular formula is C24H29N2O3+. The predicted octanol–water partition coefficient (Wildman–Crippen LogP) is 3.90. The SMILES string of the molecule is CCOc1cccc(C(=O)C[N+]2(CC(=O)c3ccc(CC)cc3)C=CN(C)C2)c1. The number of nitrogens with zero attached hydrogens (tertiary/aromatic N) is 2. The number of hydrogen-bond donors (Lipinski definition) is 0. The standard InChI is InChI=1S/C24H29N2O3/c1-4-19-9-11-20(12-10-19)23(27)16-26(14-13-25(3)18-26)17-24(28)21-7-6-8-22(15-21)29-5-2/h6-15H,4-5,16-18H2,1-3H3/q+1. The Labute approximate surface area is 172 Å². The Balaban J connectivity index is 1.78. The molecule has 29 heavy (non-hydrogen) atoms. The van der Waals surface area contributed by atoms with E-state index in [1.165, 1.54) is 5.56 Å². The smallest absolute Gasteiger partial charge is 0.217 e. The van der Waals surface area contributed by atoms with Crippen LogP contribution in [0.4, 0.5) is 0 Å². The highest BCUT2D eigenvalue weighted by Crippen LogP contribution is 2.22. The third-order valence-electron chi connectivity index (χ3n) is 5.21. The van der Waals surface area contributed by atoms with Crippen molar-refractivity contribution in [2.45, 2.75) is 20.3 Å². The molecule has 1 unspecified atom stereocenters. The van der Waals surface area contributed by atoms with Gasteiger partial charge in [0.25, 0.3) is 0 Å². The Morgan fingerprint density at radius 1 is 1.00 bits per heavy atom. The number of Topliss-reactive ketones (excluding diaryl/α,β-unsaturated/α-hetero) is 2. The highest BCUT2D eigenvalue weighted by atomic mass is 16.5. The van der Waals surface area contributed by atoms with Gasteiger partial charge in [-0.1, -0.05) is 43.3 Å². The highest BCUT2D eigenvalue weighted by Gasteiger charge is 2.36. The van der Waals surface area contributed by atoms with Crippen molar-refractivity contribution < 1.29 is 18.8 Å². The number of carbonyl (C=O) groups excluding carboxylic acids is 2. The topological polar surface area (TPSA) is 46.6 Å². The Kier molecular flexibility index (Phi) is 6.49. The van der Waals surface area contributed by atoms with Crippen molar-refractivity contribution in [2.24, 2.45) is 0 Å². The maximum absolute atomic E-state index is 13.0. The molecule has 3 rings (SSSR count). The third-order valence-corrected chi connectivity index (χ3v) is 5.21. The molecule has 2 aromatic rings. The van der Waals surface area contributed by atoms with Crippen LogP contribution >= 0.6 is 0 Å². The van der Waals surface area contributed by atoms with E-state index in [2.05, 4.69) is 6.92 Å². The maximum atomic E-state index is 13.0. The minimum Gasteiger partial charge on any atom is -0.494 e. The van der Waals surface area contributed by atoms with E-state index < -0.39 is 0 Å². The van der Waals surface area contributed by atoms with E-state index in [0.717, 1.165) is 6.42 Å². The fourth-order valence-corrected chi connectivity index (χ4v) is 3.66. The fourth-order valence-electron chi connectivity index (χ4n) is 3.66. The van der Waals surface area contributed by atoms with Gasteiger partial charge in [0.1, 0.15) is 25.0 Å². The summed E-state index contributed by atoms with van der Waals surface area (Å²) < 4.78 is 5.81. The molecule has 2 aromatic carbocycles. The van der Waals surface area contributed by atoms with Gasteiger partial charge in [0.05, 0.1) is 12.8 Å². The fraction of sp³-hybridized carbons (Fsp3) is 0.333. The second-order valence-corrected chi connectivity index (χ2v) is 7.59. The van der Waals surface area contributed by atoms with Crippen LogP contribution in [-0.4, -0.2) is 54.4 Å². The Bertz CT molecular complexity index is 905. The number of hydrogen-bond acceptors (Lipinski definition) is 4. The van der Waals surface area contributed by atoms with Gasteiger partial charge in [-0.3, -0.25) is 14.1 Å². The second-order valence-electron chi connectivity index (χ2n) is 7.59. The van der Waals surface area contributed by atoms with Crippen molar-refractivity contribution in [3.63, 3.8) is 0 Å². The number of quaternary nitrogens is 1. The molecular weight excluding hydrogens is 364 g/mol.